The van der Waals surface area contributed by atoms with Gasteiger partial charge in [0.2, 0.25) is 0 Å². The normalized spacial score (nSPS) is 7.25. The predicted octanol–water partition coefficient (Wildman–Crippen LogP) is 0.812. The quantitative estimate of drug-likeness (QED) is 0.367. The van der Waals surface area contributed by atoms with E-state index in [2.05, 4.69) is 0 Å². The van der Waals surface area contributed by atoms with Crippen LogP contribution in [0.3, 0.4) is 0 Å². The molecule has 0 bridgehead atoms. The summed E-state index contributed by atoms with van der Waals surface area (Å²) in [7, 11) is 0. The Kier molecular flexibility index (Phi) is 4.84. The van der Waals surface area contributed by atoms with Gasteiger partial charge >= 0.3 is 41.1 Å². The molecule has 0 spiro atoms. The Labute approximate surface area is 41.4 Å². The molecule has 0 rings (SSSR count). The summed E-state index contributed by atoms with van der Waals surface area (Å²) >= 11 is 6.89. The van der Waals surface area contributed by atoms with Crippen LogP contribution in [-0.4, -0.2) is 24.5 Å². The van der Waals surface area contributed by atoms with Gasteiger partial charge in [-0.25, -0.2) is 0 Å². The maximum atomic E-state index is 5.20. The second kappa shape index (κ2) is 3.93. The van der Waals surface area contributed by atoms with Crippen molar-refractivity contribution < 1.29 is 0 Å². The fraction of sp³-hybridized carbons (Fsp3) is 1.00. The van der Waals surface area contributed by atoms with Crippen LogP contribution in [0.25, 0.3) is 0 Å². The first-order valence-electron chi connectivity index (χ1n) is 1.18. The average molecular weight is 133 g/mol. The van der Waals surface area contributed by atoms with Gasteiger partial charge < -0.3 is 0 Å². The number of rotatable bonds is 1. The standard InChI is InChI=1S/C2H4Cl.Ga/c1-2-3;/h1-2H2;. The SMILES string of the molecule is ClC[CH2][Ga]. The molecule has 0 aromatic heterocycles. The van der Waals surface area contributed by atoms with Crippen LogP contribution in [0.4, 0.5) is 0 Å². The first kappa shape index (κ1) is 4.93. The van der Waals surface area contributed by atoms with Gasteiger partial charge in [0.25, 0.3) is 0 Å². The molecule has 0 aromatic carbocycles. The molecule has 0 aliphatic heterocycles. The van der Waals surface area contributed by atoms with E-state index >= 15 is 0 Å². The van der Waals surface area contributed by atoms with E-state index in [9.17, 15) is 0 Å². The molecule has 0 aliphatic rings. The Balaban J connectivity index is 1.97. The van der Waals surface area contributed by atoms with Crippen molar-refractivity contribution in [3.05, 3.63) is 0 Å². The summed E-state index contributed by atoms with van der Waals surface area (Å²) in [4.78, 5) is 1.15. The molecule has 0 fully saturated rings. The van der Waals surface area contributed by atoms with E-state index in [1.807, 2.05) is 0 Å². The van der Waals surface area contributed by atoms with Gasteiger partial charge in [-0.3, -0.25) is 0 Å². The molecule has 2 heteroatoms. The fourth-order valence-corrected chi connectivity index (χ4v) is 0. The van der Waals surface area contributed by atoms with E-state index in [0.717, 1.165) is 10.9 Å². The minimum atomic E-state index is 0.819. The van der Waals surface area contributed by atoms with Crippen LogP contribution in [-0.2, 0) is 0 Å². The fourth-order valence-electron chi connectivity index (χ4n) is 0. The van der Waals surface area contributed by atoms with Crippen molar-refractivity contribution in [3.8, 4) is 0 Å². The molecule has 2 radical (unpaired) electrons. The first-order chi connectivity index (χ1) is 1.91. The zero-order chi connectivity index (χ0) is 3.41. The molecule has 0 saturated heterocycles. The molecule has 0 saturated carbocycles. The van der Waals surface area contributed by atoms with Gasteiger partial charge in [0.05, 0.1) is 0 Å². The molecule has 0 amide bonds. The molecule has 0 aliphatic carbocycles. The second-order valence-corrected chi connectivity index (χ2v) is 2.07. The summed E-state index contributed by atoms with van der Waals surface area (Å²) < 4.78 is 0. The van der Waals surface area contributed by atoms with Crippen molar-refractivity contribution in [2.45, 2.75) is 4.98 Å². The molecular formula is C2H4ClGa. The molecule has 0 nitrogen and oxygen atoms in total. The Hall–Kier alpha value is 0.926. The van der Waals surface area contributed by atoms with Crippen LogP contribution in [0.2, 0.25) is 4.98 Å². The summed E-state index contributed by atoms with van der Waals surface area (Å²) in [5.41, 5.74) is 0. The second-order valence-electron chi connectivity index (χ2n) is 0.478. The number of halogens is 1. The van der Waals surface area contributed by atoms with E-state index in [-0.39, 0.29) is 0 Å². The summed E-state index contributed by atoms with van der Waals surface area (Å²) in [5.74, 6) is 0.819. The molecule has 0 atom stereocenters. The molecule has 0 unspecified atom stereocenters. The zero-order valence-electron chi connectivity index (χ0n) is 2.37. The number of alkyl halides is 1. The van der Waals surface area contributed by atoms with Crippen molar-refractivity contribution in [2.24, 2.45) is 0 Å². The third kappa shape index (κ3) is 2.93. The van der Waals surface area contributed by atoms with E-state index in [1.165, 1.54) is 0 Å². The monoisotopic (exact) mass is 132 g/mol. The van der Waals surface area contributed by atoms with Gasteiger partial charge in [-0.05, 0) is 0 Å². The third-order valence-electron chi connectivity index (χ3n) is 0.109. The van der Waals surface area contributed by atoms with Crippen molar-refractivity contribution in [3.63, 3.8) is 0 Å². The van der Waals surface area contributed by atoms with E-state index in [0.29, 0.717) is 0 Å². The van der Waals surface area contributed by atoms with Gasteiger partial charge in [0, 0.05) is 0 Å². The van der Waals surface area contributed by atoms with Gasteiger partial charge in [-0.2, -0.15) is 0 Å². The third-order valence-corrected chi connectivity index (χ3v) is 1.70. The van der Waals surface area contributed by atoms with Gasteiger partial charge in [-0.15, -0.1) is 0 Å². The summed E-state index contributed by atoms with van der Waals surface area (Å²) in [6.07, 6.45) is 0. The Bertz CT molecular complexity index is 8.00. The number of hydrogen-bond acceptors (Lipinski definition) is 0. The van der Waals surface area contributed by atoms with Crippen LogP contribution < -0.4 is 0 Å². The molecule has 0 aromatic rings. The first-order valence-corrected chi connectivity index (χ1v) is 3.42. The van der Waals surface area contributed by atoms with Crippen molar-refractivity contribution in [1.29, 1.82) is 0 Å². The molecule has 0 N–H and O–H groups in total. The summed E-state index contributed by atoms with van der Waals surface area (Å²) in [6, 6.07) is 0. The predicted molar refractivity (Wildman–Crippen MR) is 21.3 cm³/mol. The Morgan fingerprint density at radius 1 is 1.75 bits per heavy atom. The van der Waals surface area contributed by atoms with E-state index in [1.54, 1.807) is 18.6 Å². The van der Waals surface area contributed by atoms with Crippen molar-refractivity contribution >= 4 is 30.2 Å². The summed E-state index contributed by atoms with van der Waals surface area (Å²) in [5, 5.41) is 0. The summed E-state index contributed by atoms with van der Waals surface area (Å²) in [6.45, 7) is 0. The van der Waals surface area contributed by atoms with Gasteiger partial charge in [-0.1, -0.05) is 0 Å². The van der Waals surface area contributed by atoms with Crippen molar-refractivity contribution in [1.82, 2.24) is 0 Å². The molecule has 4 heavy (non-hydrogen) atoms. The Morgan fingerprint density at radius 3 is 2.00 bits per heavy atom. The van der Waals surface area contributed by atoms with E-state index in [4.69, 9.17) is 11.6 Å². The Morgan fingerprint density at radius 2 is 2.00 bits per heavy atom. The molecular weight excluding hydrogens is 129 g/mol. The average Bonchev–Trinajstić information content (AvgIpc) is 1.37. The minimum absolute atomic E-state index is 0.819. The maximum absolute atomic E-state index is 5.20. The van der Waals surface area contributed by atoms with Crippen LogP contribution in [0, 0.1) is 0 Å². The van der Waals surface area contributed by atoms with E-state index < -0.39 is 0 Å². The van der Waals surface area contributed by atoms with Crippen LogP contribution in [0.1, 0.15) is 0 Å². The van der Waals surface area contributed by atoms with Crippen molar-refractivity contribution in [2.75, 3.05) is 5.88 Å². The number of hydrogen-bond donors (Lipinski definition) is 0. The molecule has 0 heterocycles. The van der Waals surface area contributed by atoms with Crippen LogP contribution in [0.5, 0.6) is 0 Å². The zero-order valence-corrected chi connectivity index (χ0v) is 5.55. The van der Waals surface area contributed by atoms with Crippen LogP contribution in [0.15, 0.2) is 0 Å². The van der Waals surface area contributed by atoms with Gasteiger partial charge in [0.1, 0.15) is 0 Å². The van der Waals surface area contributed by atoms with Gasteiger partial charge in [0.15, 0.2) is 0 Å². The van der Waals surface area contributed by atoms with Crippen LogP contribution >= 0.6 is 11.6 Å². The topological polar surface area (TPSA) is 0 Å². The molecule has 22 valence electrons.